The van der Waals surface area contributed by atoms with Gasteiger partial charge < -0.3 is 10.3 Å². The van der Waals surface area contributed by atoms with E-state index in [4.69, 9.17) is 5.73 Å². The predicted molar refractivity (Wildman–Crippen MR) is 107 cm³/mol. The van der Waals surface area contributed by atoms with Gasteiger partial charge in [0, 0.05) is 18.3 Å². The number of hydrogen-bond acceptors (Lipinski definition) is 4. The van der Waals surface area contributed by atoms with Gasteiger partial charge in [0.1, 0.15) is 23.5 Å². The summed E-state index contributed by atoms with van der Waals surface area (Å²) < 4.78 is 4.35. The molecule has 2 aromatic heterocycles. The molecule has 0 spiro atoms. The maximum absolute atomic E-state index is 13.3. The summed E-state index contributed by atoms with van der Waals surface area (Å²) in [6.07, 6.45) is 0. The van der Waals surface area contributed by atoms with Gasteiger partial charge in [0.15, 0.2) is 0 Å². The molecular formula is C21H15N5O2. The number of aromatic nitrogens is 3. The van der Waals surface area contributed by atoms with E-state index in [-0.39, 0.29) is 22.3 Å². The van der Waals surface area contributed by atoms with Crippen LogP contribution < -0.4 is 16.9 Å². The predicted octanol–water partition coefficient (Wildman–Crippen LogP) is 1.91. The number of fused-ring (bicyclic) bond motifs is 3. The van der Waals surface area contributed by atoms with Crippen molar-refractivity contribution in [1.82, 2.24) is 13.9 Å². The molecule has 0 amide bonds. The van der Waals surface area contributed by atoms with E-state index in [2.05, 4.69) is 6.07 Å². The van der Waals surface area contributed by atoms with Crippen LogP contribution in [0.3, 0.4) is 0 Å². The van der Waals surface area contributed by atoms with Crippen LogP contribution in [0.1, 0.15) is 11.7 Å². The second-order valence-corrected chi connectivity index (χ2v) is 6.81. The van der Waals surface area contributed by atoms with Crippen molar-refractivity contribution in [3.8, 4) is 6.07 Å². The summed E-state index contributed by atoms with van der Waals surface area (Å²) in [5.41, 5.74) is 7.26. The van der Waals surface area contributed by atoms with Crippen molar-refractivity contribution in [2.24, 2.45) is 12.8 Å². The first-order chi connectivity index (χ1) is 13.5. The lowest BCUT2D eigenvalue weighted by molar-refractivity contribution is 0.521. The first-order valence-corrected chi connectivity index (χ1v) is 8.75. The van der Waals surface area contributed by atoms with Crippen molar-refractivity contribution in [2.45, 2.75) is 6.04 Å². The number of hydrogen-bond donors (Lipinski definition) is 1. The number of allylic oxidation sites excluding steroid dienone is 1. The molecular weight excluding hydrogens is 354 g/mol. The Labute approximate surface area is 158 Å². The van der Waals surface area contributed by atoms with E-state index in [1.54, 1.807) is 24.3 Å². The highest BCUT2D eigenvalue weighted by molar-refractivity contribution is 5.83. The Hall–Kier alpha value is -4.05. The molecule has 0 bridgehead atoms. The van der Waals surface area contributed by atoms with E-state index in [9.17, 15) is 14.9 Å². The van der Waals surface area contributed by atoms with Crippen LogP contribution in [0.5, 0.6) is 0 Å². The molecule has 1 unspecified atom stereocenters. The topological polar surface area (TPSA) is 98.7 Å². The highest BCUT2D eigenvalue weighted by Gasteiger charge is 2.36. The molecule has 0 saturated carbocycles. The van der Waals surface area contributed by atoms with Crippen LogP contribution in [0.15, 0.2) is 69.8 Å². The SMILES string of the molecule is Cn1c(C2C(C#N)=C(N)n3c(=O)c4ccccc4c(=O)n32)cc2ccccc21. The highest BCUT2D eigenvalue weighted by Crippen LogP contribution is 2.35. The lowest BCUT2D eigenvalue weighted by atomic mass is 10.1. The van der Waals surface area contributed by atoms with Crippen LogP contribution in [-0.4, -0.2) is 13.9 Å². The summed E-state index contributed by atoms with van der Waals surface area (Å²) in [5.74, 6) is -0.00870. The second-order valence-electron chi connectivity index (χ2n) is 6.81. The average Bonchev–Trinajstić information content (AvgIpc) is 3.20. The van der Waals surface area contributed by atoms with Crippen molar-refractivity contribution in [1.29, 1.82) is 5.26 Å². The molecule has 0 aliphatic carbocycles. The summed E-state index contributed by atoms with van der Waals surface area (Å²) >= 11 is 0. The van der Waals surface area contributed by atoms with Gasteiger partial charge in [-0.2, -0.15) is 9.94 Å². The quantitative estimate of drug-likeness (QED) is 0.554. The van der Waals surface area contributed by atoms with Crippen molar-refractivity contribution >= 4 is 27.5 Å². The summed E-state index contributed by atoms with van der Waals surface area (Å²) in [5, 5.41) is 11.4. The first kappa shape index (κ1) is 16.1. The van der Waals surface area contributed by atoms with Crippen LogP contribution in [-0.2, 0) is 7.05 Å². The van der Waals surface area contributed by atoms with Gasteiger partial charge in [-0.3, -0.25) is 9.59 Å². The average molecular weight is 369 g/mol. The van der Waals surface area contributed by atoms with E-state index in [0.29, 0.717) is 11.1 Å². The van der Waals surface area contributed by atoms with E-state index in [0.717, 1.165) is 15.6 Å². The van der Waals surface area contributed by atoms with Gasteiger partial charge in [-0.05, 0) is 29.7 Å². The third kappa shape index (κ3) is 1.86. The van der Waals surface area contributed by atoms with Crippen LogP contribution in [0, 0.1) is 11.3 Å². The van der Waals surface area contributed by atoms with Gasteiger partial charge in [0.2, 0.25) is 0 Å². The molecule has 2 N–H and O–H groups in total. The number of nitrogens with zero attached hydrogens (tertiary/aromatic N) is 4. The first-order valence-electron chi connectivity index (χ1n) is 8.75. The Balaban J connectivity index is 1.94. The molecule has 2 aromatic carbocycles. The molecule has 7 heteroatoms. The molecule has 7 nitrogen and oxygen atoms in total. The van der Waals surface area contributed by atoms with Gasteiger partial charge in [-0.25, -0.2) is 4.68 Å². The molecule has 136 valence electrons. The zero-order chi connectivity index (χ0) is 19.6. The summed E-state index contributed by atoms with van der Waals surface area (Å²) in [6.45, 7) is 0. The van der Waals surface area contributed by atoms with Gasteiger partial charge in [-0.1, -0.05) is 30.3 Å². The minimum absolute atomic E-state index is 0.00870. The molecule has 0 fully saturated rings. The van der Waals surface area contributed by atoms with Crippen LogP contribution in [0.2, 0.25) is 0 Å². The Morgan fingerprint density at radius 3 is 2.32 bits per heavy atom. The maximum atomic E-state index is 13.3. The van der Waals surface area contributed by atoms with Gasteiger partial charge in [0.25, 0.3) is 11.1 Å². The molecule has 28 heavy (non-hydrogen) atoms. The van der Waals surface area contributed by atoms with E-state index < -0.39 is 11.6 Å². The number of nitriles is 1. The van der Waals surface area contributed by atoms with Gasteiger partial charge in [0.05, 0.1) is 10.8 Å². The van der Waals surface area contributed by atoms with Crippen molar-refractivity contribution in [2.75, 3.05) is 0 Å². The fourth-order valence-corrected chi connectivity index (χ4v) is 4.08. The molecule has 0 radical (unpaired) electrons. The number of nitrogens with two attached hydrogens (primary N) is 1. The molecule has 3 heterocycles. The zero-order valence-electron chi connectivity index (χ0n) is 15.0. The normalized spacial score (nSPS) is 15.9. The lowest BCUT2D eigenvalue weighted by Gasteiger charge is -2.17. The monoisotopic (exact) mass is 369 g/mol. The minimum Gasteiger partial charge on any atom is -0.383 e. The standard InChI is InChI=1S/C21H15N5O2/c1-24-16-9-5-2-6-12(16)10-17(24)18-15(11-22)19(23)26-21(28)14-8-4-3-7-13(14)20(27)25(18)26/h2-10,18H,23H2,1H3. The van der Waals surface area contributed by atoms with Crippen molar-refractivity contribution < 1.29 is 0 Å². The van der Waals surface area contributed by atoms with Gasteiger partial charge >= 0.3 is 0 Å². The van der Waals surface area contributed by atoms with E-state index >= 15 is 0 Å². The minimum atomic E-state index is -0.771. The fourth-order valence-electron chi connectivity index (χ4n) is 4.08. The van der Waals surface area contributed by atoms with Crippen molar-refractivity contribution in [3.05, 3.63) is 86.6 Å². The highest BCUT2D eigenvalue weighted by atomic mass is 16.2. The van der Waals surface area contributed by atoms with Crippen LogP contribution in [0.25, 0.3) is 27.5 Å². The van der Waals surface area contributed by atoms with E-state index in [1.165, 1.54) is 4.68 Å². The number of benzene rings is 2. The molecule has 0 saturated heterocycles. The van der Waals surface area contributed by atoms with E-state index in [1.807, 2.05) is 41.9 Å². The maximum Gasteiger partial charge on any atom is 0.279 e. The number of rotatable bonds is 1. The number of para-hydroxylation sites is 1. The Morgan fingerprint density at radius 2 is 1.64 bits per heavy atom. The smallest absolute Gasteiger partial charge is 0.279 e. The summed E-state index contributed by atoms with van der Waals surface area (Å²) in [4.78, 5) is 26.3. The summed E-state index contributed by atoms with van der Waals surface area (Å²) in [7, 11) is 1.87. The van der Waals surface area contributed by atoms with Crippen LogP contribution >= 0.6 is 0 Å². The zero-order valence-corrected chi connectivity index (χ0v) is 15.0. The molecule has 1 aliphatic heterocycles. The molecule has 4 aromatic rings. The van der Waals surface area contributed by atoms with Crippen molar-refractivity contribution in [3.63, 3.8) is 0 Å². The molecule has 5 rings (SSSR count). The Kier molecular flexibility index (Phi) is 3.16. The fraction of sp³-hybridized carbons (Fsp3) is 0.0952. The Morgan fingerprint density at radius 1 is 1.00 bits per heavy atom. The number of aryl methyl sites for hydroxylation is 1. The second kappa shape index (κ2) is 5.47. The molecule has 1 atom stereocenters. The largest absolute Gasteiger partial charge is 0.383 e. The Bertz CT molecular complexity index is 1490. The third-order valence-corrected chi connectivity index (χ3v) is 5.42. The van der Waals surface area contributed by atoms with Crippen LogP contribution in [0.4, 0.5) is 0 Å². The molecule has 1 aliphatic rings. The lowest BCUT2D eigenvalue weighted by Crippen LogP contribution is -2.38. The van der Waals surface area contributed by atoms with Gasteiger partial charge in [-0.15, -0.1) is 0 Å². The summed E-state index contributed by atoms with van der Waals surface area (Å²) in [6, 6.07) is 17.7. The third-order valence-electron chi connectivity index (χ3n) is 5.42.